The molecule has 0 aromatic heterocycles. The predicted molar refractivity (Wildman–Crippen MR) is 79.2 cm³/mol. The number of hydrogen-bond donors (Lipinski definition) is 1. The lowest BCUT2D eigenvalue weighted by Gasteiger charge is -2.34. The zero-order chi connectivity index (χ0) is 15.8. The van der Waals surface area contributed by atoms with Crippen molar-refractivity contribution in [3.63, 3.8) is 0 Å². The van der Waals surface area contributed by atoms with E-state index in [4.69, 9.17) is 5.73 Å². The van der Waals surface area contributed by atoms with Gasteiger partial charge in [0.2, 0.25) is 10.0 Å². The van der Waals surface area contributed by atoms with Gasteiger partial charge in [0, 0.05) is 25.2 Å². The highest BCUT2D eigenvalue weighted by Crippen LogP contribution is 2.31. The zero-order valence-electron chi connectivity index (χ0n) is 12.0. The molecule has 0 spiro atoms. The first-order valence-corrected chi connectivity index (χ1v) is 8.21. The number of nitro benzene ring substituents is 1. The predicted octanol–water partition coefficient (Wildman–Crippen LogP) is 1.84. The van der Waals surface area contributed by atoms with Gasteiger partial charge >= 0.3 is 0 Å². The molecule has 0 aliphatic carbocycles. The van der Waals surface area contributed by atoms with Crippen LogP contribution in [-0.2, 0) is 10.0 Å². The van der Waals surface area contributed by atoms with Crippen LogP contribution in [0.3, 0.4) is 0 Å². The average Bonchev–Trinajstić information content (AvgIpc) is 2.41. The highest BCUT2D eigenvalue weighted by molar-refractivity contribution is 7.89. The minimum absolute atomic E-state index is 0.0341. The number of nitrogens with zero attached hydrogens (tertiary/aromatic N) is 2. The molecule has 8 heteroatoms. The van der Waals surface area contributed by atoms with Crippen molar-refractivity contribution in [3.05, 3.63) is 28.3 Å². The number of anilines is 1. The van der Waals surface area contributed by atoms with Gasteiger partial charge in [-0.2, -0.15) is 4.31 Å². The minimum atomic E-state index is -3.80. The first-order valence-electron chi connectivity index (χ1n) is 6.77. The summed E-state index contributed by atoms with van der Waals surface area (Å²) >= 11 is 0. The van der Waals surface area contributed by atoms with E-state index in [0.717, 1.165) is 12.5 Å². The Morgan fingerprint density at radius 3 is 2.57 bits per heavy atom. The van der Waals surface area contributed by atoms with Crippen molar-refractivity contribution in [1.82, 2.24) is 4.31 Å². The standard InChI is InChI=1S/C13H19N3O4S/c1-9-5-6-15(8-10(9)2)21(19,20)13-7-11(16(17)18)3-4-12(13)14/h3-4,7,9-10H,5-6,8,14H2,1-2H3. The summed E-state index contributed by atoms with van der Waals surface area (Å²) in [5.74, 6) is 0.701. The number of benzene rings is 1. The Bertz CT molecular complexity index is 659. The molecule has 1 aliphatic heterocycles. The molecule has 0 saturated carbocycles. The zero-order valence-corrected chi connectivity index (χ0v) is 12.8. The van der Waals surface area contributed by atoms with Crippen LogP contribution < -0.4 is 5.73 Å². The van der Waals surface area contributed by atoms with E-state index < -0.39 is 14.9 Å². The Kier molecular flexibility index (Phi) is 4.20. The van der Waals surface area contributed by atoms with Gasteiger partial charge < -0.3 is 5.73 Å². The van der Waals surface area contributed by atoms with Gasteiger partial charge in [-0.3, -0.25) is 10.1 Å². The Labute approximate surface area is 123 Å². The summed E-state index contributed by atoms with van der Waals surface area (Å²) in [5, 5.41) is 10.8. The second-order valence-electron chi connectivity index (χ2n) is 5.59. The average molecular weight is 313 g/mol. The van der Waals surface area contributed by atoms with Crippen molar-refractivity contribution in [2.75, 3.05) is 18.8 Å². The van der Waals surface area contributed by atoms with E-state index in [2.05, 4.69) is 6.92 Å². The van der Waals surface area contributed by atoms with Crippen LogP contribution in [0.1, 0.15) is 20.3 Å². The molecule has 116 valence electrons. The smallest absolute Gasteiger partial charge is 0.270 e. The van der Waals surface area contributed by atoms with Gasteiger partial charge in [-0.15, -0.1) is 0 Å². The molecule has 0 amide bonds. The maximum Gasteiger partial charge on any atom is 0.270 e. The van der Waals surface area contributed by atoms with Gasteiger partial charge in [-0.1, -0.05) is 13.8 Å². The van der Waals surface area contributed by atoms with Crippen molar-refractivity contribution in [3.8, 4) is 0 Å². The molecule has 1 heterocycles. The van der Waals surface area contributed by atoms with Gasteiger partial charge in [0.1, 0.15) is 4.90 Å². The highest BCUT2D eigenvalue weighted by atomic mass is 32.2. The molecule has 1 aliphatic rings. The number of piperidine rings is 1. The van der Waals surface area contributed by atoms with Gasteiger partial charge in [0.15, 0.2) is 0 Å². The number of nitrogen functional groups attached to an aromatic ring is 1. The monoisotopic (exact) mass is 313 g/mol. The molecule has 1 aromatic carbocycles. The van der Waals surface area contributed by atoms with E-state index in [1.165, 1.54) is 16.4 Å². The minimum Gasteiger partial charge on any atom is -0.398 e. The topological polar surface area (TPSA) is 107 Å². The van der Waals surface area contributed by atoms with Crippen molar-refractivity contribution in [2.24, 2.45) is 11.8 Å². The van der Waals surface area contributed by atoms with E-state index >= 15 is 0 Å². The summed E-state index contributed by atoms with van der Waals surface area (Å²) in [6.45, 7) is 4.92. The van der Waals surface area contributed by atoms with Crippen LogP contribution in [0.2, 0.25) is 0 Å². The van der Waals surface area contributed by atoms with Gasteiger partial charge in [0.25, 0.3) is 5.69 Å². The molecular weight excluding hydrogens is 294 g/mol. The van der Waals surface area contributed by atoms with E-state index in [-0.39, 0.29) is 22.2 Å². The second kappa shape index (κ2) is 5.61. The molecule has 1 fully saturated rings. The quantitative estimate of drug-likeness (QED) is 0.520. The fourth-order valence-electron chi connectivity index (χ4n) is 2.44. The SMILES string of the molecule is CC1CCN(S(=O)(=O)c2cc([N+](=O)[O-])ccc2N)CC1C. The van der Waals surface area contributed by atoms with E-state index in [9.17, 15) is 18.5 Å². The first-order chi connectivity index (χ1) is 9.73. The Hall–Kier alpha value is -1.67. The van der Waals surface area contributed by atoms with Crippen LogP contribution in [-0.4, -0.2) is 30.7 Å². The third kappa shape index (κ3) is 3.01. The number of rotatable bonds is 3. The number of nitro groups is 1. The van der Waals surface area contributed by atoms with E-state index in [0.29, 0.717) is 19.0 Å². The Morgan fingerprint density at radius 1 is 1.33 bits per heavy atom. The van der Waals surface area contributed by atoms with E-state index in [1.807, 2.05) is 6.92 Å². The molecule has 21 heavy (non-hydrogen) atoms. The van der Waals surface area contributed by atoms with E-state index in [1.54, 1.807) is 0 Å². The normalized spacial score (nSPS) is 23.9. The molecule has 0 radical (unpaired) electrons. The summed E-state index contributed by atoms with van der Waals surface area (Å²) in [4.78, 5) is 10.0. The summed E-state index contributed by atoms with van der Waals surface area (Å²) in [6.07, 6.45) is 0.773. The van der Waals surface area contributed by atoms with Crippen molar-refractivity contribution in [2.45, 2.75) is 25.2 Å². The third-order valence-corrected chi connectivity index (χ3v) is 6.04. The molecule has 1 aromatic rings. The van der Waals surface area contributed by atoms with Crippen LogP contribution in [0.15, 0.2) is 23.1 Å². The summed E-state index contributed by atoms with van der Waals surface area (Å²) in [7, 11) is -3.80. The highest BCUT2D eigenvalue weighted by Gasteiger charge is 2.33. The molecule has 2 unspecified atom stereocenters. The second-order valence-corrected chi connectivity index (χ2v) is 7.49. The van der Waals surface area contributed by atoms with Gasteiger partial charge in [-0.05, 0) is 24.3 Å². The Morgan fingerprint density at radius 2 is 2.00 bits per heavy atom. The molecule has 0 bridgehead atoms. The van der Waals surface area contributed by atoms with Crippen LogP contribution in [0.5, 0.6) is 0 Å². The molecule has 2 atom stereocenters. The third-order valence-electron chi connectivity index (χ3n) is 4.12. The fraction of sp³-hybridized carbons (Fsp3) is 0.538. The maximum absolute atomic E-state index is 12.7. The van der Waals surface area contributed by atoms with Gasteiger partial charge in [-0.25, -0.2) is 8.42 Å². The van der Waals surface area contributed by atoms with Crippen LogP contribution in [0, 0.1) is 22.0 Å². The fourth-order valence-corrected chi connectivity index (χ4v) is 4.13. The lowest BCUT2D eigenvalue weighted by molar-refractivity contribution is -0.385. The molecule has 2 rings (SSSR count). The lowest BCUT2D eigenvalue weighted by atomic mass is 9.90. The molecule has 7 nitrogen and oxygen atoms in total. The molecule has 1 saturated heterocycles. The molecule has 2 N–H and O–H groups in total. The summed E-state index contributed by atoms with van der Waals surface area (Å²) in [5.41, 5.74) is 5.47. The van der Waals surface area contributed by atoms with Crippen molar-refractivity contribution < 1.29 is 13.3 Å². The number of hydrogen-bond acceptors (Lipinski definition) is 5. The van der Waals surface area contributed by atoms with Crippen LogP contribution >= 0.6 is 0 Å². The van der Waals surface area contributed by atoms with Crippen LogP contribution in [0.4, 0.5) is 11.4 Å². The first kappa shape index (κ1) is 15.7. The summed E-state index contributed by atoms with van der Waals surface area (Å²) in [6, 6.07) is 3.50. The molecular formula is C13H19N3O4S. The number of sulfonamides is 1. The number of nitrogens with two attached hydrogens (primary N) is 1. The maximum atomic E-state index is 12.7. The van der Waals surface area contributed by atoms with Crippen molar-refractivity contribution in [1.29, 1.82) is 0 Å². The van der Waals surface area contributed by atoms with Gasteiger partial charge in [0.05, 0.1) is 10.6 Å². The number of non-ortho nitro benzene ring substituents is 1. The summed E-state index contributed by atoms with van der Waals surface area (Å²) < 4.78 is 26.7. The van der Waals surface area contributed by atoms with Crippen LogP contribution in [0.25, 0.3) is 0 Å². The Balaban J connectivity index is 2.40. The van der Waals surface area contributed by atoms with Crippen molar-refractivity contribution >= 4 is 21.4 Å². The largest absolute Gasteiger partial charge is 0.398 e. The lowest BCUT2D eigenvalue weighted by Crippen LogP contribution is -2.42.